The maximum absolute atomic E-state index is 13.6. The van der Waals surface area contributed by atoms with Crippen LogP contribution in [0.5, 0.6) is 0 Å². The zero-order chi connectivity index (χ0) is 16.8. The molecule has 1 fully saturated rings. The second kappa shape index (κ2) is 8.06. The van der Waals surface area contributed by atoms with Crippen molar-refractivity contribution in [1.82, 2.24) is 9.80 Å². The van der Waals surface area contributed by atoms with Gasteiger partial charge in [-0.2, -0.15) is 0 Å². The highest BCUT2D eigenvalue weighted by molar-refractivity contribution is 5.76. The second-order valence-corrected chi connectivity index (χ2v) is 6.23. The fraction of sp³-hybridized carbons (Fsp3) is 0.350. The van der Waals surface area contributed by atoms with Gasteiger partial charge in [0.05, 0.1) is 0 Å². The van der Waals surface area contributed by atoms with Gasteiger partial charge in [-0.25, -0.2) is 4.39 Å². The Labute approximate surface area is 142 Å². The van der Waals surface area contributed by atoms with Crippen LogP contribution in [0.1, 0.15) is 17.5 Å². The molecule has 1 heterocycles. The third-order valence-electron chi connectivity index (χ3n) is 4.54. The maximum atomic E-state index is 13.6. The van der Waals surface area contributed by atoms with Crippen LogP contribution in [0.15, 0.2) is 54.6 Å². The number of hydrogen-bond acceptors (Lipinski definition) is 2. The Bertz CT molecular complexity index is 666. The van der Waals surface area contributed by atoms with Crippen LogP contribution in [0.2, 0.25) is 0 Å². The minimum atomic E-state index is -0.224. The van der Waals surface area contributed by atoms with Crippen LogP contribution in [0.4, 0.5) is 4.39 Å². The van der Waals surface area contributed by atoms with Crippen LogP contribution in [-0.4, -0.2) is 41.9 Å². The number of amides is 1. The largest absolute Gasteiger partial charge is 0.340 e. The van der Waals surface area contributed by atoms with Crippen molar-refractivity contribution < 1.29 is 9.18 Å². The molecule has 1 amide bonds. The molecule has 1 aliphatic heterocycles. The normalized spacial score (nSPS) is 15.5. The molecule has 2 aromatic carbocycles. The number of aryl methyl sites for hydroxylation is 1. The SMILES string of the molecule is O=C(CCc1ccccc1F)N1CCN(Cc2ccccc2)CC1. The van der Waals surface area contributed by atoms with Crippen molar-refractivity contribution in [2.45, 2.75) is 19.4 Å². The summed E-state index contributed by atoms with van der Waals surface area (Å²) in [5.41, 5.74) is 1.92. The van der Waals surface area contributed by atoms with Crippen molar-refractivity contribution in [3.63, 3.8) is 0 Å². The third-order valence-corrected chi connectivity index (χ3v) is 4.54. The van der Waals surface area contributed by atoms with Gasteiger partial charge in [0.15, 0.2) is 0 Å². The molecule has 24 heavy (non-hydrogen) atoms. The van der Waals surface area contributed by atoms with Gasteiger partial charge >= 0.3 is 0 Å². The summed E-state index contributed by atoms with van der Waals surface area (Å²) in [6.07, 6.45) is 0.843. The van der Waals surface area contributed by atoms with Crippen LogP contribution in [0, 0.1) is 5.82 Å². The van der Waals surface area contributed by atoms with E-state index in [4.69, 9.17) is 0 Å². The lowest BCUT2D eigenvalue weighted by atomic mass is 10.1. The lowest BCUT2D eigenvalue weighted by Crippen LogP contribution is -2.48. The van der Waals surface area contributed by atoms with E-state index in [1.807, 2.05) is 17.0 Å². The zero-order valence-electron chi connectivity index (χ0n) is 13.8. The molecule has 4 heteroatoms. The molecule has 0 unspecified atom stereocenters. The zero-order valence-corrected chi connectivity index (χ0v) is 13.8. The Morgan fingerprint density at radius 3 is 2.29 bits per heavy atom. The summed E-state index contributed by atoms with van der Waals surface area (Å²) in [6.45, 7) is 4.21. The van der Waals surface area contributed by atoms with Gasteiger partial charge in [-0.15, -0.1) is 0 Å². The number of carbonyl (C=O) groups excluding carboxylic acids is 1. The average Bonchev–Trinajstić information content (AvgIpc) is 2.62. The smallest absolute Gasteiger partial charge is 0.222 e. The van der Waals surface area contributed by atoms with E-state index < -0.39 is 0 Å². The summed E-state index contributed by atoms with van der Waals surface area (Å²) in [4.78, 5) is 16.6. The Morgan fingerprint density at radius 1 is 0.917 bits per heavy atom. The van der Waals surface area contributed by atoms with Crippen LogP contribution in [0.3, 0.4) is 0 Å². The molecule has 0 aromatic heterocycles. The first-order valence-electron chi connectivity index (χ1n) is 8.50. The Balaban J connectivity index is 1.44. The lowest BCUT2D eigenvalue weighted by molar-refractivity contribution is -0.133. The maximum Gasteiger partial charge on any atom is 0.222 e. The van der Waals surface area contributed by atoms with Crippen molar-refractivity contribution in [1.29, 1.82) is 0 Å². The quantitative estimate of drug-likeness (QED) is 0.843. The van der Waals surface area contributed by atoms with Crippen molar-refractivity contribution in [2.24, 2.45) is 0 Å². The number of rotatable bonds is 5. The van der Waals surface area contributed by atoms with Gasteiger partial charge in [-0.3, -0.25) is 9.69 Å². The standard InChI is InChI=1S/C20H23FN2O/c21-19-9-5-4-8-18(19)10-11-20(24)23-14-12-22(13-15-23)16-17-6-2-1-3-7-17/h1-9H,10-16H2. The van der Waals surface area contributed by atoms with E-state index in [0.717, 1.165) is 32.7 Å². The van der Waals surface area contributed by atoms with E-state index in [1.54, 1.807) is 12.1 Å². The topological polar surface area (TPSA) is 23.6 Å². The molecule has 0 atom stereocenters. The summed E-state index contributed by atoms with van der Waals surface area (Å²) in [5, 5.41) is 0. The molecule has 0 saturated carbocycles. The number of halogens is 1. The van der Waals surface area contributed by atoms with E-state index in [-0.39, 0.29) is 11.7 Å². The van der Waals surface area contributed by atoms with E-state index in [1.165, 1.54) is 11.6 Å². The molecule has 3 rings (SSSR count). The lowest BCUT2D eigenvalue weighted by Gasteiger charge is -2.34. The minimum Gasteiger partial charge on any atom is -0.340 e. The molecule has 126 valence electrons. The minimum absolute atomic E-state index is 0.123. The molecule has 2 aromatic rings. The molecule has 1 saturated heterocycles. The Kier molecular flexibility index (Phi) is 5.59. The van der Waals surface area contributed by atoms with Gasteiger partial charge in [0, 0.05) is 39.1 Å². The summed E-state index contributed by atoms with van der Waals surface area (Å²) in [7, 11) is 0. The van der Waals surface area contributed by atoms with E-state index in [9.17, 15) is 9.18 Å². The van der Waals surface area contributed by atoms with E-state index in [0.29, 0.717) is 18.4 Å². The number of piperazine rings is 1. The molecule has 1 aliphatic rings. The Morgan fingerprint density at radius 2 is 1.58 bits per heavy atom. The second-order valence-electron chi connectivity index (χ2n) is 6.23. The average molecular weight is 326 g/mol. The first-order chi connectivity index (χ1) is 11.7. The molecule has 0 bridgehead atoms. The van der Waals surface area contributed by atoms with Crippen molar-refractivity contribution in [3.8, 4) is 0 Å². The third kappa shape index (κ3) is 4.42. The molecule has 0 N–H and O–H groups in total. The number of nitrogens with zero attached hydrogens (tertiary/aromatic N) is 2. The van der Waals surface area contributed by atoms with E-state index >= 15 is 0 Å². The van der Waals surface area contributed by atoms with E-state index in [2.05, 4.69) is 29.2 Å². The summed E-state index contributed by atoms with van der Waals surface area (Å²) >= 11 is 0. The molecule has 0 aliphatic carbocycles. The highest BCUT2D eigenvalue weighted by Gasteiger charge is 2.21. The first kappa shape index (κ1) is 16.7. The predicted octanol–water partition coefficient (Wildman–Crippen LogP) is 3.10. The molecular weight excluding hydrogens is 303 g/mol. The fourth-order valence-corrected chi connectivity index (χ4v) is 3.10. The van der Waals surface area contributed by atoms with Gasteiger partial charge in [0.1, 0.15) is 5.82 Å². The van der Waals surface area contributed by atoms with Crippen molar-refractivity contribution >= 4 is 5.91 Å². The van der Waals surface area contributed by atoms with Crippen LogP contribution < -0.4 is 0 Å². The Hall–Kier alpha value is -2.20. The number of hydrogen-bond donors (Lipinski definition) is 0. The van der Waals surface area contributed by atoms with Crippen molar-refractivity contribution in [3.05, 3.63) is 71.5 Å². The van der Waals surface area contributed by atoms with Crippen LogP contribution in [0.25, 0.3) is 0 Å². The summed E-state index contributed by atoms with van der Waals surface area (Å²) in [5.74, 6) is -0.101. The van der Waals surface area contributed by atoms with Gasteiger partial charge in [-0.05, 0) is 23.6 Å². The van der Waals surface area contributed by atoms with Gasteiger partial charge in [-0.1, -0.05) is 48.5 Å². The van der Waals surface area contributed by atoms with Crippen LogP contribution >= 0.6 is 0 Å². The highest BCUT2D eigenvalue weighted by atomic mass is 19.1. The number of benzene rings is 2. The molecule has 0 radical (unpaired) electrons. The van der Waals surface area contributed by atoms with Gasteiger partial charge in [0.2, 0.25) is 5.91 Å². The van der Waals surface area contributed by atoms with Gasteiger partial charge < -0.3 is 4.90 Å². The summed E-state index contributed by atoms with van der Waals surface area (Å²) < 4.78 is 13.6. The predicted molar refractivity (Wildman–Crippen MR) is 93.0 cm³/mol. The summed E-state index contributed by atoms with van der Waals surface area (Å²) in [6, 6.07) is 17.1. The molecule has 0 spiro atoms. The first-order valence-corrected chi connectivity index (χ1v) is 8.50. The fourth-order valence-electron chi connectivity index (χ4n) is 3.10. The molecule has 3 nitrogen and oxygen atoms in total. The molecular formula is C20H23FN2O. The van der Waals surface area contributed by atoms with Gasteiger partial charge in [0.25, 0.3) is 0 Å². The monoisotopic (exact) mass is 326 g/mol. The van der Waals surface area contributed by atoms with Crippen molar-refractivity contribution in [2.75, 3.05) is 26.2 Å². The number of carbonyl (C=O) groups is 1. The van der Waals surface area contributed by atoms with Crippen LogP contribution in [-0.2, 0) is 17.8 Å². The highest BCUT2D eigenvalue weighted by Crippen LogP contribution is 2.12.